The molecule has 0 spiro atoms. The normalized spacial score (nSPS) is 19.1. The molecule has 0 radical (unpaired) electrons. The van der Waals surface area contributed by atoms with Crippen molar-refractivity contribution in [3.8, 4) is 0 Å². The van der Waals surface area contributed by atoms with E-state index < -0.39 is 0 Å². The van der Waals surface area contributed by atoms with E-state index in [1.807, 2.05) is 0 Å². The second kappa shape index (κ2) is 4.28. The fourth-order valence-electron chi connectivity index (χ4n) is 2.03. The summed E-state index contributed by atoms with van der Waals surface area (Å²) in [4.78, 5) is 0. The maximum atomic E-state index is 6.25. The van der Waals surface area contributed by atoms with E-state index in [2.05, 4.69) is 23.8 Å². The van der Waals surface area contributed by atoms with Crippen LogP contribution in [0.15, 0.2) is 22.4 Å². The van der Waals surface area contributed by atoms with Crippen LogP contribution < -0.4 is 5.73 Å². The van der Waals surface area contributed by atoms with Crippen LogP contribution in [0.25, 0.3) is 0 Å². The van der Waals surface area contributed by atoms with E-state index >= 15 is 0 Å². The van der Waals surface area contributed by atoms with Crippen molar-refractivity contribution in [2.75, 3.05) is 0 Å². The molecule has 1 aromatic rings. The predicted octanol–water partition coefficient (Wildman–Crippen LogP) is 3.56. The standard InChI is InChI=1S/C12H17NS/c1-9-7-14-8-11(9)12(13)10-5-3-2-4-6-10/h5,7-8,12H,2-4,6,13H2,1H3. The van der Waals surface area contributed by atoms with Crippen LogP contribution in [-0.4, -0.2) is 0 Å². The summed E-state index contributed by atoms with van der Waals surface area (Å²) in [5.41, 5.74) is 10.4. The highest BCUT2D eigenvalue weighted by Gasteiger charge is 2.15. The van der Waals surface area contributed by atoms with Gasteiger partial charge in [-0.2, -0.15) is 11.3 Å². The maximum Gasteiger partial charge on any atom is 0.0521 e. The van der Waals surface area contributed by atoms with E-state index in [4.69, 9.17) is 5.73 Å². The lowest BCUT2D eigenvalue weighted by atomic mass is 9.90. The molecule has 1 unspecified atom stereocenters. The third-order valence-corrected chi connectivity index (χ3v) is 3.84. The number of nitrogens with two attached hydrogens (primary N) is 1. The molecule has 0 amide bonds. The molecular weight excluding hydrogens is 190 g/mol. The highest BCUT2D eigenvalue weighted by Crippen LogP contribution is 2.30. The van der Waals surface area contributed by atoms with Crippen molar-refractivity contribution in [3.63, 3.8) is 0 Å². The maximum absolute atomic E-state index is 6.25. The molecule has 1 atom stereocenters. The van der Waals surface area contributed by atoms with Gasteiger partial charge in [0.15, 0.2) is 0 Å². The summed E-state index contributed by atoms with van der Waals surface area (Å²) in [5, 5.41) is 4.37. The van der Waals surface area contributed by atoms with Crippen molar-refractivity contribution in [3.05, 3.63) is 33.5 Å². The summed E-state index contributed by atoms with van der Waals surface area (Å²) in [5.74, 6) is 0. The molecule has 2 N–H and O–H groups in total. The summed E-state index contributed by atoms with van der Waals surface area (Å²) >= 11 is 1.75. The van der Waals surface area contributed by atoms with Crippen LogP contribution in [0.3, 0.4) is 0 Å². The average molecular weight is 207 g/mol. The predicted molar refractivity (Wildman–Crippen MR) is 62.5 cm³/mol. The Morgan fingerprint density at radius 1 is 1.36 bits per heavy atom. The smallest absolute Gasteiger partial charge is 0.0521 e. The van der Waals surface area contributed by atoms with Crippen molar-refractivity contribution in [1.82, 2.24) is 0 Å². The highest BCUT2D eigenvalue weighted by atomic mass is 32.1. The van der Waals surface area contributed by atoms with Crippen LogP contribution >= 0.6 is 11.3 Å². The quantitative estimate of drug-likeness (QED) is 0.737. The fourth-order valence-corrected chi connectivity index (χ4v) is 2.92. The van der Waals surface area contributed by atoms with Crippen LogP contribution in [0.1, 0.15) is 42.9 Å². The highest BCUT2D eigenvalue weighted by molar-refractivity contribution is 7.08. The monoisotopic (exact) mass is 207 g/mol. The Morgan fingerprint density at radius 2 is 2.21 bits per heavy atom. The minimum absolute atomic E-state index is 0.154. The number of hydrogen-bond acceptors (Lipinski definition) is 2. The molecule has 1 aliphatic carbocycles. The Hall–Kier alpha value is -0.600. The van der Waals surface area contributed by atoms with E-state index in [-0.39, 0.29) is 6.04 Å². The van der Waals surface area contributed by atoms with Gasteiger partial charge in [-0.15, -0.1) is 0 Å². The molecule has 1 aromatic heterocycles. The van der Waals surface area contributed by atoms with Gasteiger partial charge in [0.2, 0.25) is 0 Å². The zero-order valence-corrected chi connectivity index (χ0v) is 9.44. The minimum atomic E-state index is 0.154. The Labute approximate surface area is 89.6 Å². The molecule has 0 aromatic carbocycles. The van der Waals surface area contributed by atoms with E-state index in [1.165, 1.54) is 42.4 Å². The molecule has 14 heavy (non-hydrogen) atoms. The summed E-state index contributed by atoms with van der Waals surface area (Å²) in [6.45, 7) is 2.15. The first-order valence-corrected chi connectivity index (χ1v) is 6.20. The van der Waals surface area contributed by atoms with Gasteiger partial charge in [0.05, 0.1) is 6.04 Å². The van der Waals surface area contributed by atoms with Crippen LogP contribution in [0.2, 0.25) is 0 Å². The molecule has 2 heteroatoms. The third-order valence-electron chi connectivity index (χ3n) is 2.96. The first-order chi connectivity index (χ1) is 6.79. The molecule has 1 aliphatic rings. The van der Waals surface area contributed by atoms with Crippen LogP contribution in [0.5, 0.6) is 0 Å². The van der Waals surface area contributed by atoms with Crippen molar-refractivity contribution in [2.45, 2.75) is 38.6 Å². The van der Waals surface area contributed by atoms with Gasteiger partial charge >= 0.3 is 0 Å². The number of thiophene rings is 1. The second-order valence-electron chi connectivity index (χ2n) is 4.01. The molecule has 0 saturated heterocycles. The van der Waals surface area contributed by atoms with Gasteiger partial charge in [0, 0.05) is 0 Å². The topological polar surface area (TPSA) is 26.0 Å². The van der Waals surface area contributed by atoms with Crippen molar-refractivity contribution >= 4 is 11.3 Å². The van der Waals surface area contributed by atoms with Crippen molar-refractivity contribution < 1.29 is 0 Å². The van der Waals surface area contributed by atoms with Gasteiger partial charge in [-0.3, -0.25) is 0 Å². The molecule has 0 fully saturated rings. The zero-order valence-electron chi connectivity index (χ0n) is 8.62. The average Bonchev–Trinajstić information content (AvgIpc) is 2.65. The first-order valence-electron chi connectivity index (χ1n) is 5.26. The summed E-state index contributed by atoms with van der Waals surface area (Å²) in [7, 11) is 0. The zero-order chi connectivity index (χ0) is 9.97. The van der Waals surface area contributed by atoms with Gasteiger partial charge in [-0.1, -0.05) is 11.6 Å². The van der Waals surface area contributed by atoms with Gasteiger partial charge in [-0.05, 0) is 54.5 Å². The van der Waals surface area contributed by atoms with E-state index in [0.29, 0.717) is 0 Å². The van der Waals surface area contributed by atoms with Crippen molar-refractivity contribution in [1.29, 1.82) is 0 Å². The number of aryl methyl sites for hydroxylation is 1. The summed E-state index contributed by atoms with van der Waals surface area (Å²) in [6, 6.07) is 0.154. The molecule has 76 valence electrons. The van der Waals surface area contributed by atoms with Gasteiger partial charge in [0.1, 0.15) is 0 Å². The first kappa shape index (κ1) is 9.94. The lowest BCUT2D eigenvalue weighted by Gasteiger charge is -2.19. The van der Waals surface area contributed by atoms with E-state index in [9.17, 15) is 0 Å². The van der Waals surface area contributed by atoms with Crippen LogP contribution in [-0.2, 0) is 0 Å². The van der Waals surface area contributed by atoms with E-state index in [1.54, 1.807) is 11.3 Å². The van der Waals surface area contributed by atoms with Crippen LogP contribution in [0, 0.1) is 6.92 Å². The Morgan fingerprint density at radius 3 is 2.79 bits per heavy atom. The Bertz CT molecular complexity index is 338. The largest absolute Gasteiger partial charge is 0.321 e. The number of allylic oxidation sites excluding steroid dienone is 1. The molecule has 2 rings (SSSR count). The molecule has 0 aliphatic heterocycles. The van der Waals surface area contributed by atoms with Gasteiger partial charge < -0.3 is 5.73 Å². The molecule has 0 saturated carbocycles. The van der Waals surface area contributed by atoms with E-state index in [0.717, 1.165) is 0 Å². The molecule has 1 nitrogen and oxygen atoms in total. The Kier molecular flexibility index (Phi) is 3.04. The van der Waals surface area contributed by atoms with Gasteiger partial charge in [0.25, 0.3) is 0 Å². The lowest BCUT2D eigenvalue weighted by Crippen LogP contribution is -2.15. The third kappa shape index (κ3) is 1.91. The number of rotatable bonds is 2. The Balaban J connectivity index is 2.19. The number of hydrogen-bond donors (Lipinski definition) is 1. The minimum Gasteiger partial charge on any atom is -0.321 e. The molecule has 0 bridgehead atoms. The lowest BCUT2D eigenvalue weighted by molar-refractivity contribution is 0.648. The van der Waals surface area contributed by atoms with Gasteiger partial charge in [-0.25, -0.2) is 0 Å². The SMILES string of the molecule is Cc1cscc1C(N)C1=CCCCC1. The summed E-state index contributed by atoms with van der Waals surface area (Å²) in [6.07, 6.45) is 7.38. The summed E-state index contributed by atoms with van der Waals surface area (Å²) < 4.78 is 0. The molecular formula is C12H17NS. The van der Waals surface area contributed by atoms with Crippen molar-refractivity contribution in [2.24, 2.45) is 5.73 Å². The van der Waals surface area contributed by atoms with Crippen LogP contribution in [0.4, 0.5) is 0 Å². The second-order valence-corrected chi connectivity index (χ2v) is 4.76. The fraction of sp³-hybridized carbons (Fsp3) is 0.500. The molecule has 1 heterocycles.